The number of hydrogen-bond donors (Lipinski definition) is 2. The summed E-state index contributed by atoms with van der Waals surface area (Å²) in [7, 11) is 1.62. The molecule has 35 heavy (non-hydrogen) atoms. The van der Waals surface area contributed by atoms with Crippen molar-refractivity contribution in [1.29, 1.82) is 0 Å². The molecule has 0 aliphatic heterocycles. The fourth-order valence-electron chi connectivity index (χ4n) is 2.96. The number of rotatable bonds is 7. The number of nitrogens with one attached hydrogen (secondary N) is 1. The van der Waals surface area contributed by atoms with Gasteiger partial charge in [0.15, 0.2) is 11.6 Å². The number of nitrogens with zero attached hydrogens (tertiary/aromatic N) is 2. The van der Waals surface area contributed by atoms with Crippen LogP contribution in [0.5, 0.6) is 11.5 Å². The smallest absolute Gasteiger partial charge is 0.491 e. The van der Waals surface area contributed by atoms with Crippen LogP contribution >= 0.6 is 23.2 Å². The normalized spacial score (nSPS) is 11.3. The predicted molar refractivity (Wildman–Crippen MR) is 119 cm³/mol. The molecular weight excluding hydrogens is 519 g/mol. The van der Waals surface area contributed by atoms with E-state index in [0.29, 0.717) is 17.0 Å². The zero-order valence-corrected chi connectivity index (χ0v) is 19.3. The summed E-state index contributed by atoms with van der Waals surface area (Å²) < 4.78 is 63.6. The minimum absolute atomic E-state index is 0.130. The van der Waals surface area contributed by atoms with Gasteiger partial charge in [0.25, 0.3) is 5.91 Å². The maximum absolute atomic E-state index is 14.4. The van der Waals surface area contributed by atoms with E-state index in [1.54, 1.807) is 7.05 Å². The van der Waals surface area contributed by atoms with Crippen molar-refractivity contribution in [2.45, 2.75) is 6.18 Å². The fraction of sp³-hybridized carbons (Fsp3) is 0.190. The Morgan fingerprint density at radius 1 is 1.17 bits per heavy atom. The van der Waals surface area contributed by atoms with Crippen molar-refractivity contribution in [1.82, 2.24) is 9.78 Å². The van der Waals surface area contributed by atoms with Crippen LogP contribution in [0.1, 0.15) is 10.4 Å². The number of ether oxygens (including phenoxy) is 2. The summed E-state index contributed by atoms with van der Waals surface area (Å²) in [6.45, 7) is 0.394. The lowest BCUT2D eigenvalue weighted by atomic mass is 10.1. The lowest BCUT2D eigenvalue weighted by molar-refractivity contribution is -0.189. The molecule has 1 aromatic heterocycles. The number of anilines is 1. The summed E-state index contributed by atoms with van der Waals surface area (Å²) in [5.74, 6) is -6.22. The SMILES string of the molecule is Cn1ncc(Cl)c1-c1cc(NC(=O)c2ccc(Cl)c(F)c2OC(=O)C(F)(F)F)ccc1OCCN. The molecule has 3 rings (SSSR count). The third-order valence-electron chi connectivity index (χ3n) is 4.48. The number of halogens is 6. The third kappa shape index (κ3) is 5.84. The molecular formula is C21H16Cl2F4N4O4. The number of aryl methyl sites for hydroxylation is 1. The van der Waals surface area contributed by atoms with Crippen molar-refractivity contribution in [3.8, 4) is 22.8 Å². The van der Waals surface area contributed by atoms with Crippen molar-refractivity contribution >= 4 is 40.8 Å². The number of hydrogen-bond acceptors (Lipinski definition) is 6. The van der Waals surface area contributed by atoms with Gasteiger partial charge >= 0.3 is 12.1 Å². The number of benzene rings is 2. The monoisotopic (exact) mass is 534 g/mol. The Morgan fingerprint density at radius 2 is 1.89 bits per heavy atom. The Labute approximate surface area is 205 Å². The van der Waals surface area contributed by atoms with E-state index in [-0.39, 0.29) is 23.9 Å². The van der Waals surface area contributed by atoms with E-state index in [9.17, 15) is 27.2 Å². The molecule has 0 aliphatic carbocycles. The molecule has 186 valence electrons. The van der Waals surface area contributed by atoms with E-state index >= 15 is 0 Å². The van der Waals surface area contributed by atoms with Gasteiger partial charge in [0.1, 0.15) is 12.4 Å². The van der Waals surface area contributed by atoms with Gasteiger partial charge < -0.3 is 20.5 Å². The van der Waals surface area contributed by atoms with E-state index in [1.807, 2.05) is 0 Å². The van der Waals surface area contributed by atoms with Crippen LogP contribution in [-0.4, -0.2) is 41.0 Å². The molecule has 2 aromatic carbocycles. The average molecular weight is 535 g/mol. The van der Waals surface area contributed by atoms with Crippen LogP contribution < -0.4 is 20.5 Å². The van der Waals surface area contributed by atoms with Gasteiger partial charge in [0.2, 0.25) is 0 Å². The Morgan fingerprint density at radius 3 is 2.49 bits per heavy atom. The topological polar surface area (TPSA) is 108 Å². The zero-order valence-electron chi connectivity index (χ0n) is 17.8. The first-order valence-electron chi connectivity index (χ1n) is 9.67. The van der Waals surface area contributed by atoms with E-state index in [4.69, 9.17) is 33.7 Å². The number of amides is 1. The van der Waals surface area contributed by atoms with Gasteiger partial charge in [-0.25, -0.2) is 9.18 Å². The van der Waals surface area contributed by atoms with Crippen LogP contribution in [0, 0.1) is 5.82 Å². The van der Waals surface area contributed by atoms with Crippen molar-refractivity contribution in [3.63, 3.8) is 0 Å². The molecule has 1 heterocycles. The van der Waals surface area contributed by atoms with Crippen LogP contribution in [-0.2, 0) is 11.8 Å². The Balaban J connectivity index is 1.99. The number of nitrogens with two attached hydrogens (primary N) is 1. The summed E-state index contributed by atoms with van der Waals surface area (Å²) in [4.78, 5) is 24.1. The molecule has 0 bridgehead atoms. The summed E-state index contributed by atoms with van der Waals surface area (Å²) in [5, 5.41) is 6.08. The molecule has 14 heteroatoms. The average Bonchev–Trinajstić information content (AvgIpc) is 3.13. The van der Waals surface area contributed by atoms with Gasteiger partial charge in [0.05, 0.1) is 27.5 Å². The number of alkyl halides is 3. The highest BCUT2D eigenvalue weighted by Gasteiger charge is 2.42. The number of aromatic nitrogens is 2. The first kappa shape index (κ1) is 26.3. The first-order chi connectivity index (χ1) is 16.4. The maximum atomic E-state index is 14.4. The van der Waals surface area contributed by atoms with E-state index in [0.717, 1.165) is 12.1 Å². The number of carbonyl (C=O) groups excluding carboxylic acids is 2. The van der Waals surface area contributed by atoms with Crippen molar-refractivity contribution in [3.05, 3.63) is 58.0 Å². The minimum atomic E-state index is -5.43. The highest BCUT2D eigenvalue weighted by atomic mass is 35.5. The number of carbonyl (C=O) groups is 2. The molecule has 0 aliphatic rings. The summed E-state index contributed by atoms with van der Waals surface area (Å²) in [6.07, 6.45) is -4.04. The van der Waals surface area contributed by atoms with Gasteiger partial charge in [0, 0.05) is 24.8 Å². The highest BCUT2D eigenvalue weighted by molar-refractivity contribution is 6.33. The number of esters is 1. The molecule has 0 spiro atoms. The van der Waals surface area contributed by atoms with E-state index in [2.05, 4.69) is 15.2 Å². The molecule has 0 unspecified atom stereocenters. The summed E-state index contributed by atoms with van der Waals surface area (Å²) in [6, 6.07) is 6.22. The van der Waals surface area contributed by atoms with Gasteiger partial charge in [-0.05, 0) is 30.3 Å². The third-order valence-corrected chi connectivity index (χ3v) is 5.05. The maximum Gasteiger partial charge on any atom is 0.491 e. The first-order valence-corrected chi connectivity index (χ1v) is 10.4. The Hall–Kier alpha value is -3.35. The zero-order chi connectivity index (χ0) is 25.9. The molecule has 0 atom stereocenters. The summed E-state index contributed by atoms with van der Waals surface area (Å²) >= 11 is 11.8. The van der Waals surface area contributed by atoms with Crippen molar-refractivity contribution < 1.29 is 36.6 Å². The van der Waals surface area contributed by atoms with Crippen LogP contribution in [0.4, 0.5) is 23.2 Å². The molecule has 0 radical (unpaired) electrons. The molecule has 3 aromatic rings. The minimum Gasteiger partial charge on any atom is -0.492 e. The second-order valence-electron chi connectivity index (χ2n) is 6.89. The second-order valence-corrected chi connectivity index (χ2v) is 7.71. The van der Waals surface area contributed by atoms with E-state index < -0.39 is 40.2 Å². The molecule has 0 saturated heterocycles. The fourth-order valence-corrected chi connectivity index (χ4v) is 3.38. The predicted octanol–water partition coefficient (Wildman–Crippen LogP) is 4.59. The van der Waals surface area contributed by atoms with Gasteiger partial charge in [-0.2, -0.15) is 18.3 Å². The largest absolute Gasteiger partial charge is 0.492 e. The lowest BCUT2D eigenvalue weighted by Crippen LogP contribution is -2.29. The Bertz CT molecular complexity index is 1260. The van der Waals surface area contributed by atoms with Gasteiger partial charge in [-0.15, -0.1) is 0 Å². The highest BCUT2D eigenvalue weighted by Crippen LogP contribution is 2.37. The van der Waals surface area contributed by atoms with Gasteiger partial charge in [-0.1, -0.05) is 23.2 Å². The second kappa shape index (κ2) is 10.5. The molecule has 0 fully saturated rings. The van der Waals surface area contributed by atoms with Gasteiger partial charge in [-0.3, -0.25) is 9.48 Å². The Kier molecular flexibility index (Phi) is 7.88. The molecule has 3 N–H and O–H groups in total. The quantitative estimate of drug-likeness (QED) is 0.260. The van der Waals surface area contributed by atoms with Crippen LogP contribution in [0.15, 0.2) is 36.5 Å². The van der Waals surface area contributed by atoms with Crippen LogP contribution in [0.3, 0.4) is 0 Å². The molecule has 1 amide bonds. The van der Waals surface area contributed by atoms with Crippen LogP contribution in [0.25, 0.3) is 11.3 Å². The van der Waals surface area contributed by atoms with E-state index in [1.165, 1.54) is 29.1 Å². The van der Waals surface area contributed by atoms with Crippen molar-refractivity contribution in [2.24, 2.45) is 12.8 Å². The standard InChI is InChI=1S/C21H16Cl2F4N4O4/c1-31-17(14(23)9-29-31)12-8-10(2-5-15(12)34-7-6-28)30-19(32)11-3-4-13(22)16(24)18(11)35-20(33)21(25,26)27/h2-5,8-9H,6-7,28H2,1H3,(H,30,32). The summed E-state index contributed by atoms with van der Waals surface area (Å²) in [5.41, 5.74) is 5.77. The molecule has 0 saturated carbocycles. The van der Waals surface area contributed by atoms with Crippen LogP contribution in [0.2, 0.25) is 10.0 Å². The molecule has 8 nitrogen and oxygen atoms in total. The lowest BCUT2D eigenvalue weighted by Gasteiger charge is -2.15. The van der Waals surface area contributed by atoms with Crippen molar-refractivity contribution in [2.75, 3.05) is 18.5 Å².